The molecule has 0 atom stereocenters. The molecule has 0 aliphatic carbocycles. The predicted octanol–water partition coefficient (Wildman–Crippen LogP) is 5.22. The molecule has 4 rings (SSSR count). The Balaban J connectivity index is 1.81. The number of aromatic nitrogens is 4. The standard InChI is InChI=1S/C23H23ClN4OS/c1-4-28-21-20(16(3)26-28)25-23(30-14-17-11-9-15(2)10-12-17)27(22(21)29)13-18-7-5-6-8-19(18)24/h5-12H,4,13-14H2,1-3H3. The summed E-state index contributed by atoms with van der Waals surface area (Å²) in [6.45, 7) is 6.92. The maximum Gasteiger partial charge on any atom is 0.280 e. The van der Waals surface area contributed by atoms with Gasteiger partial charge in [-0.3, -0.25) is 14.0 Å². The fraction of sp³-hybridized carbons (Fsp3) is 0.261. The lowest BCUT2D eigenvalue weighted by atomic mass is 10.2. The van der Waals surface area contributed by atoms with E-state index >= 15 is 0 Å². The molecule has 2 heterocycles. The molecule has 30 heavy (non-hydrogen) atoms. The van der Waals surface area contributed by atoms with Crippen LogP contribution in [0, 0.1) is 13.8 Å². The van der Waals surface area contributed by atoms with Crippen molar-refractivity contribution in [2.45, 2.75) is 44.8 Å². The molecule has 4 aromatic rings. The van der Waals surface area contributed by atoms with Crippen molar-refractivity contribution in [2.24, 2.45) is 0 Å². The van der Waals surface area contributed by atoms with Crippen molar-refractivity contribution in [1.82, 2.24) is 19.3 Å². The third-order valence-corrected chi connectivity index (χ3v) is 6.47. The fourth-order valence-corrected chi connectivity index (χ4v) is 4.54. The van der Waals surface area contributed by atoms with Gasteiger partial charge in [-0.05, 0) is 38.0 Å². The molecule has 0 aliphatic heterocycles. The number of hydrogen-bond acceptors (Lipinski definition) is 4. The maximum absolute atomic E-state index is 13.5. The van der Waals surface area contributed by atoms with Gasteiger partial charge in [0.1, 0.15) is 5.52 Å². The van der Waals surface area contributed by atoms with Crippen LogP contribution < -0.4 is 5.56 Å². The van der Waals surface area contributed by atoms with Gasteiger partial charge in [0.15, 0.2) is 10.7 Å². The first kappa shape index (κ1) is 20.7. The van der Waals surface area contributed by atoms with Gasteiger partial charge in [-0.15, -0.1) is 0 Å². The molecular weight excluding hydrogens is 416 g/mol. The van der Waals surface area contributed by atoms with Gasteiger partial charge in [-0.1, -0.05) is 71.4 Å². The van der Waals surface area contributed by atoms with Crippen LogP contribution in [0.5, 0.6) is 0 Å². The summed E-state index contributed by atoms with van der Waals surface area (Å²) in [7, 11) is 0. The van der Waals surface area contributed by atoms with Crippen molar-refractivity contribution in [3.05, 3.63) is 86.3 Å². The Morgan fingerprint density at radius 1 is 1.07 bits per heavy atom. The van der Waals surface area contributed by atoms with E-state index in [1.54, 1.807) is 21.0 Å². The lowest BCUT2D eigenvalue weighted by Gasteiger charge is -2.14. The molecule has 7 heteroatoms. The summed E-state index contributed by atoms with van der Waals surface area (Å²) in [4.78, 5) is 18.4. The number of nitrogens with zero attached hydrogens (tertiary/aromatic N) is 4. The summed E-state index contributed by atoms with van der Waals surface area (Å²) < 4.78 is 3.45. The summed E-state index contributed by atoms with van der Waals surface area (Å²) in [6.07, 6.45) is 0. The molecule has 0 N–H and O–H groups in total. The molecular formula is C23H23ClN4OS. The Morgan fingerprint density at radius 2 is 1.80 bits per heavy atom. The normalized spacial score (nSPS) is 11.3. The molecule has 0 fully saturated rings. The number of thioether (sulfide) groups is 1. The quantitative estimate of drug-likeness (QED) is 0.306. The van der Waals surface area contributed by atoms with Crippen LogP contribution in [0.15, 0.2) is 58.5 Å². The molecule has 0 bridgehead atoms. The Labute approximate surface area is 184 Å². The van der Waals surface area contributed by atoms with Crippen LogP contribution in [0.25, 0.3) is 11.0 Å². The molecule has 2 aromatic carbocycles. The Bertz CT molecular complexity index is 1260. The average molecular weight is 439 g/mol. The first-order valence-corrected chi connectivity index (χ1v) is 11.2. The second-order valence-corrected chi connectivity index (χ2v) is 8.60. The van der Waals surface area contributed by atoms with E-state index < -0.39 is 0 Å². The maximum atomic E-state index is 13.5. The van der Waals surface area contributed by atoms with E-state index in [4.69, 9.17) is 16.6 Å². The lowest BCUT2D eigenvalue weighted by molar-refractivity contribution is 0.636. The molecule has 0 spiro atoms. The number of benzene rings is 2. The molecule has 0 saturated carbocycles. The largest absolute Gasteiger partial charge is 0.281 e. The zero-order valence-electron chi connectivity index (χ0n) is 17.2. The van der Waals surface area contributed by atoms with Crippen LogP contribution in [-0.2, 0) is 18.8 Å². The first-order valence-electron chi connectivity index (χ1n) is 9.87. The fourth-order valence-electron chi connectivity index (χ4n) is 3.40. The Kier molecular flexibility index (Phi) is 5.97. The van der Waals surface area contributed by atoms with E-state index in [2.05, 4.69) is 36.3 Å². The van der Waals surface area contributed by atoms with Gasteiger partial charge >= 0.3 is 0 Å². The number of halogens is 1. The average Bonchev–Trinajstić information content (AvgIpc) is 3.07. The highest BCUT2D eigenvalue weighted by molar-refractivity contribution is 7.98. The Morgan fingerprint density at radius 3 is 2.50 bits per heavy atom. The summed E-state index contributed by atoms with van der Waals surface area (Å²) in [6, 6.07) is 16.0. The molecule has 0 amide bonds. The van der Waals surface area contributed by atoms with E-state index in [9.17, 15) is 4.79 Å². The lowest BCUT2D eigenvalue weighted by Crippen LogP contribution is -2.25. The van der Waals surface area contributed by atoms with Crippen molar-refractivity contribution in [2.75, 3.05) is 0 Å². The second-order valence-electron chi connectivity index (χ2n) is 7.25. The van der Waals surface area contributed by atoms with Gasteiger partial charge in [0.2, 0.25) is 0 Å². The third-order valence-electron chi connectivity index (χ3n) is 5.06. The van der Waals surface area contributed by atoms with Gasteiger partial charge in [0.25, 0.3) is 5.56 Å². The number of rotatable bonds is 6. The molecule has 2 aromatic heterocycles. The van der Waals surface area contributed by atoms with E-state index in [0.717, 1.165) is 17.0 Å². The zero-order valence-corrected chi connectivity index (χ0v) is 18.8. The minimum atomic E-state index is -0.0891. The molecule has 0 unspecified atom stereocenters. The van der Waals surface area contributed by atoms with Crippen molar-refractivity contribution in [3.8, 4) is 0 Å². The zero-order chi connectivity index (χ0) is 21.3. The minimum Gasteiger partial charge on any atom is -0.281 e. The van der Waals surface area contributed by atoms with Crippen LogP contribution >= 0.6 is 23.4 Å². The molecule has 0 radical (unpaired) electrons. The molecule has 154 valence electrons. The number of hydrogen-bond donors (Lipinski definition) is 0. The van der Waals surface area contributed by atoms with E-state index in [0.29, 0.717) is 34.3 Å². The van der Waals surface area contributed by atoms with Crippen LogP contribution in [0.2, 0.25) is 5.02 Å². The Hall–Kier alpha value is -2.57. The summed E-state index contributed by atoms with van der Waals surface area (Å²) in [5, 5.41) is 5.82. The van der Waals surface area contributed by atoms with Gasteiger partial charge < -0.3 is 0 Å². The van der Waals surface area contributed by atoms with Gasteiger partial charge in [-0.2, -0.15) is 5.10 Å². The van der Waals surface area contributed by atoms with Crippen molar-refractivity contribution < 1.29 is 0 Å². The van der Waals surface area contributed by atoms with Crippen LogP contribution in [0.4, 0.5) is 0 Å². The SMILES string of the molecule is CCn1nc(C)c2nc(SCc3ccc(C)cc3)n(Cc3ccccc3Cl)c(=O)c21. The first-order chi connectivity index (χ1) is 14.5. The summed E-state index contributed by atoms with van der Waals surface area (Å²) >= 11 is 7.94. The highest BCUT2D eigenvalue weighted by Gasteiger charge is 2.19. The van der Waals surface area contributed by atoms with E-state index in [1.165, 1.54) is 11.1 Å². The highest BCUT2D eigenvalue weighted by Crippen LogP contribution is 2.25. The predicted molar refractivity (Wildman–Crippen MR) is 123 cm³/mol. The topological polar surface area (TPSA) is 52.7 Å². The summed E-state index contributed by atoms with van der Waals surface area (Å²) in [5.41, 5.74) is 5.19. The van der Waals surface area contributed by atoms with Crippen molar-refractivity contribution >= 4 is 34.4 Å². The highest BCUT2D eigenvalue weighted by atomic mass is 35.5. The van der Waals surface area contributed by atoms with Gasteiger partial charge in [-0.25, -0.2) is 4.98 Å². The third kappa shape index (κ3) is 4.02. The molecule has 0 aliphatic rings. The second kappa shape index (κ2) is 8.66. The molecule has 5 nitrogen and oxygen atoms in total. The minimum absolute atomic E-state index is 0.0891. The number of fused-ring (bicyclic) bond motifs is 1. The number of aryl methyl sites for hydroxylation is 3. The van der Waals surface area contributed by atoms with Crippen molar-refractivity contribution in [1.29, 1.82) is 0 Å². The molecule has 0 saturated heterocycles. The van der Waals surface area contributed by atoms with Gasteiger partial charge in [0.05, 0.1) is 12.2 Å². The van der Waals surface area contributed by atoms with Crippen molar-refractivity contribution in [3.63, 3.8) is 0 Å². The summed E-state index contributed by atoms with van der Waals surface area (Å²) in [5.74, 6) is 0.724. The van der Waals surface area contributed by atoms with E-state index in [1.807, 2.05) is 38.1 Å². The smallest absolute Gasteiger partial charge is 0.280 e. The van der Waals surface area contributed by atoms with Crippen LogP contribution in [0.1, 0.15) is 29.3 Å². The monoisotopic (exact) mass is 438 g/mol. The van der Waals surface area contributed by atoms with Gasteiger partial charge in [0, 0.05) is 17.3 Å². The van der Waals surface area contributed by atoms with Crippen LogP contribution in [-0.4, -0.2) is 19.3 Å². The van der Waals surface area contributed by atoms with Crippen LogP contribution in [0.3, 0.4) is 0 Å². The van der Waals surface area contributed by atoms with E-state index in [-0.39, 0.29) is 5.56 Å².